The monoisotopic (exact) mass is 187 g/mol. The fourth-order valence-corrected chi connectivity index (χ4v) is 1.15. The zero-order chi connectivity index (χ0) is 10.0. The molecular weight excluding hydrogens is 176 g/mol. The van der Waals surface area contributed by atoms with Crippen molar-refractivity contribution in [1.82, 2.24) is 4.98 Å². The zero-order valence-electron chi connectivity index (χ0n) is 7.51. The predicted molar refractivity (Wildman–Crippen MR) is 44.6 cm³/mol. The quantitative estimate of drug-likeness (QED) is 0.769. The highest BCUT2D eigenvalue weighted by Gasteiger charge is 2.14. The third kappa shape index (κ3) is 1.83. The fraction of sp³-hybridized carbons (Fsp3) is 0.444. The molecule has 1 N–H and O–H groups in total. The molecule has 0 amide bonds. The molecule has 1 aromatic heterocycles. The standard InChI is InChI=1S/C9H11F2NO/c1-5-6(2)8(4-13)12-3-7(5)9(10)11/h3,9,13H,4H2,1-2H3. The summed E-state index contributed by atoms with van der Waals surface area (Å²) in [6.07, 6.45) is -1.38. The van der Waals surface area contributed by atoms with Gasteiger partial charge in [-0.2, -0.15) is 0 Å². The second kappa shape index (κ2) is 3.79. The Morgan fingerprint density at radius 1 is 1.38 bits per heavy atom. The van der Waals surface area contributed by atoms with Crippen molar-refractivity contribution in [1.29, 1.82) is 0 Å². The number of pyridine rings is 1. The van der Waals surface area contributed by atoms with Crippen LogP contribution in [0.15, 0.2) is 6.20 Å². The van der Waals surface area contributed by atoms with Gasteiger partial charge in [-0.15, -0.1) is 0 Å². The van der Waals surface area contributed by atoms with Crippen LogP contribution in [-0.2, 0) is 6.61 Å². The molecular formula is C9H11F2NO. The minimum Gasteiger partial charge on any atom is -0.390 e. The topological polar surface area (TPSA) is 33.1 Å². The Morgan fingerprint density at radius 2 is 2.00 bits per heavy atom. The van der Waals surface area contributed by atoms with Crippen molar-refractivity contribution in [2.45, 2.75) is 26.9 Å². The summed E-state index contributed by atoms with van der Waals surface area (Å²) >= 11 is 0. The summed E-state index contributed by atoms with van der Waals surface area (Å²) in [7, 11) is 0. The van der Waals surface area contributed by atoms with Crippen molar-refractivity contribution in [3.8, 4) is 0 Å². The van der Waals surface area contributed by atoms with Crippen LogP contribution in [0.1, 0.15) is 28.8 Å². The Hall–Kier alpha value is -1.03. The summed E-state index contributed by atoms with van der Waals surface area (Å²) < 4.78 is 24.7. The van der Waals surface area contributed by atoms with Crippen molar-refractivity contribution < 1.29 is 13.9 Å². The van der Waals surface area contributed by atoms with Crippen LogP contribution in [0.5, 0.6) is 0 Å². The van der Waals surface area contributed by atoms with Gasteiger partial charge >= 0.3 is 0 Å². The van der Waals surface area contributed by atoms with Crippen molar-refractivity contribution in [2.75, 3.05) is 0 Å². The van der Waals surface area contributed by atoms with Crippen LogP contribution in [-0.4, -0.2) is 10.1 Å². The number of nitrogens with zero attached hydrogens (tertiary/aromatic N) is 1. The molecule has 1 aromatic rings. The van der Waals surface area contributed by atoms with Crippen molar-refractivity contribution in [2.24, 2.45) is 0 Å². The fourth-order valence-electron chi connectivity index (χ4n) is 1.15. The van der Waals surface area contributed by atoms with Gasteiger partial charge in [-0.1, -0.05) is 0 Å². The van der Waals surface area contributed by atoms with E-state index in [2.05, 4.69) is 4.98 Å². The predicted octanol–water partition coefficient (Wildman–Crippen LogP) is 2.13. The minimum absolute atomic E-state index is 0.0605. The Bertz CT molecular complexity index is 313. The largest absolute Gasteiger partial charge is 0.390 e. The van der Waals surface area contributed by atoms with Crippen LogP contribution >= 0.6 is 0 Å². The number of hydrogen-bond acceptors (Lipinski definition) is 2. The van der Waals surface area contributed by atoms with Crippen molar-refractivity contribution >= 4 is 0 Å². The maximum Gasteiger partial charge on any atom is 0.265 e. The van der Waals surface area contributed by atoms with Gasteiger partial charge in [0, 0.05) is 11.8 Å². The zero-order valence-corrected chi connectivity index (χ0v) is 7.51. The van der Waals surface area contributed by atoms with Crippen LogP contribution < -0.4 is 0 Å². The molecule has 0 radical (unpaired) electrons. The molecule has 0 fully saturated rings. The molecule has 1 heterocycles. The molecule has 2 nitrogen and oxygen atoms in total. The van der Waals surface area contributed by atoms with Gasteiger partial charge in [0.15, 0.2) is 0 Å². The highest BCUT2D eigenvalue weighted by molar-refractivity contribution is 5.34. The van der Waals surface area contributed by atoms with E-state index in [1.165, 1.54) is 0 Å². The number of rotatable bonds is 2. The molecule has 0 aromatic carbocycles. The Balaban J connectivity index is 3.23. The molecule has 4 heteroatoms. The van der Waals surface area contributed by atoms with Gasteiger partial charge in [0.1, 0.15) is 0 Å². The van der Waals surface area contributed by atoms with Crippen LogP contribution in [0.2, 0.25) is 0 Å². The third-order valence-corrected chi connectivity index (χ3v) is 2.17. The van der Waals surface area contributed by atoms with Gasteiger partial charge < -0.3 is 5.11 Å². The lowest BCUT2D eigenvalue weighted by Gasteiger charge is -2.09. The van der Waals surface area contributed by atoms with Gasteiger partial charge in [0.25, 0.3) is 6.43 Å². The molecule has 0 saturated carbocycles. The molecule has 0 unspecified atom stereocenters. The first kappa shape index (κ1) is 10.1. The number of alkyl halides is 2. The summed E-state index contributed by atoms with van der Waals surface area (Å²) in [6.45, 7) is 3.08. The van der Waals surface area contributed by atoms with E-state index in [-0.39, 0.29) is 12.2 Å². The summed E-state index contributed by atoms with van der Waals surface area (Å²) in [5.74, 6) is 0. The lowest BCUT2D eigenvalue weighted by atomic mass is 10.0. The molecule has 1 rings (SSSR count). The molecule has 72 valence electrons. The summed E-state index contributed by atoms with van der Waals surface area (Å²) in [4.78, 5) is 3.75. The van der Waals surface area contributed by atoms with E-state index < -0.39 is 6.43 Å². The van der Waals surface area contributed by atoms with E-state index in [0.717, 1.165) is 6.20 Å². The van der Waals surface area contributed by atoms with Crippen molar-refractivity contribution in [3.05, 3.63) is 28.6 Å². The maximum absolute atomic E-state index is 12.3. The highest BCUT2D eigenvalue weighted by Crippen LogP contribution is 2.24. The second-order valence-corrected chi connectivity index (χ2v) is 2.87. The lowest BCUT2D eigenvalue weighted by Crippen LogP contribution is -2.01. The maximum atomic E-state index is 12.3. The summed E-state index contributed by atoms with van der Waals surface area (Å²) in [5.41, 5.74) is 1.55. The van der Waals surface area contributed by atoms with E-state index in [4.69, 9.17) is 5.11 Å². The average Bonchev–Trinajstić information content (AvgIpc) is 2.09. The summed E-state index contributed by atoms with van der Waals surface area (Å²) in [5, 5.41) is 8.82. The van der Waals surface area contributed by atoms with Crippen LogP contribution in [0.25, 0.3) is 0 Å². The smallest absolute Gasteiger partial charge is 0.265 e. The molecule has 0 saturated heterocycles. The molecule has 0 aliphatic heterocycles. The van der Waals surface area contributed by atoms with Crippen LogP contribution in [0.4, 0.5) is 8.78 Å². The van der Waals surface area contributed by atoms with Crippen molar-refractivity contribution in [3.63, 3.8) is 0 Å². The van der Waals surface area contributed by atoms with E-state index in [9.17, 15) is 8.78 Å². The minimum atomic E-state index is -2.50. The number of hydrogen-bond donors (Lipinski definition) is 1. The molecule has 0 aliphatic carbocycles. The average molecular weight is 187 g/mol. The van der Waals surface area contributed by atoms with E-state index >= 15 is 0 Å². The lowest BCUT2D eigenvalue weighted by molar-refractivity contribution is 0.150. The Labute approximate surface area is 75.2 Å². The van der Waals surface area contributed by atoms with Crippen LogP contribution in [0, 0.1) is 13.8 Å². The summed E-state index contributed by atoms with van der Waals surface area (Å²) in [6, 6.07) is 0. The van der Waals surface area contributed by atoms with E-state index in [1.54, 1.807) is 13.8 Å². The van der Waals surface area contributed by atoms with Crippen LogP contribution in [0.3, 0.4) is 0 Å². The van der Waals surface area contributed by atoms with Gasteiger partial charge in [-0.25, -0.2) is 8.78 Å². The first-order chi connectivity index (χ1) is 6.07. The first-order valence-electron chi connectivity index (χ1n) is 3.92. The van der Waals surface area contributed by atoms with Gasteiger partial charge in [-0.3, -0.25) is 4.98 Å². The number of aliphatic hydroxyl groups excluding tert-OH is 1. The molecule has 0 atom stereocenters. The van der Waals surface area contributed by atoms with Gasteiger partial charge in [0.05, 0.1) is 12.3 Å². The highest BCUT2D eigenvalue weighted by atomic mass is 19.3. The molecule has 0 aliphatic rings. The number of halogens is 2. The van der Waals surface area contributed by atoms with Gasteiger partial charge in [0.2, 0.25) is 0 Å². The Kier molecular flexibility index (Phi) is 2.93. The number of aliphatic hydroxyl groups is 1. The SMILES string of the molecule is Cc1c(C(F)F)cnc(CO)c1C. The molecule has 0 bridgehead atoms. The normalized spacial score (nSPS) is 10.9. The van der Waals surface area contributed by atoms with Gasteiger partial charge in [-0.05, 0) is 25.0 Å². The second-order valence-electron chi connectivity index (χ2n) is 2.87. The van der Waals surface area contributed by atoms with E-state index in [1.807, 2.05) is 0 Å². The Morgan fingerprint density at radius 3 is 2.46 bits per heavy atom. The number of aromatic nitrogens is 1. The molecule has 0 spiro atoms. The first-order valence-corrected chi connectivity index (χ1v) is 3.92. The van der Waals surface area contributed by atoms with E-state index in [0.29, 0.717) is 16.8 Å². The third-order valence-electron chi connectivity index (χ3n) is 2.17. The molecule has 13 heavy (non-hydrogen) atoms.